The number of carbonyl (C=O) groups excluding carboxylic acids is 1. The van der Waals surface area contributed by atoms with Crippen molar-refractivity contribution >= 4 is 34.6 Å². The summed E-state index contributed by atoms with van der Waals surface area (Å²) < 4.78 is 11.3. The maximum Gasteiger partial charge on any atom is 0.224 e. The van der Waals surface area contributed by atoms with Gasteiger partial charge in [-0.05, 0) is 11.6 Å². The monoisotopic (exact) mass is 216 g/mol. The first kappa shape index (κ1) is 11.5. The molecule has 66 valence electrons. The lowest BCUT2D eigenvalue weighted by Gasteiger charge is -2.10. The minimum absolute atomic E-state index is 0.202. The van der Waals surface area contributed by atoms with E-state index >= 15 is 0 Å². The summed E-state index contributed by atoms with van der Waals surface area (Å²) in [5, 5.41) is -0.473. The van der Waals surface area contributed by atoms with E-state index in [0.29, 0.717) is 6.16 Å². The molecule has 0 bridgehead atoms. The van der Waals surface area contributed by atoms with E-state index in [2.05, 4.69) is 0 Å². The summed E-state index contributed by atoms with van der Waals surface area (Å²) in [4.78, 5) is 10.5. The van der Waals surface area contributed by atoms with Gasteiger partial charge in [0.25, 0.3) is 0 Å². The minimum Gasteiger partial charge on any atom is -0.307 e. The number of halogens is 2. The van der Waals surface area contributed by atoms with Crippen molar-refractivity contribution in [1.29, 1.82) is 0 Å². The molecule has 11 heavy (non-hydrogen) atoms. The van der Waals surface area contributed by atoms with Crippen LogP contribution in [0.25, 0.3) is 0 Å². The molecule has 0 saturated heterocycles. The fourth-order valence-corrected chi connectivity index (χ4v) is 2.66. The highest BCUT2D eigenvalue weighted by molar-refractivity contribution is 7.89. The van der Waals surface area contributed by atoms with Gasteiger partial charge in [0, 0.05) is 18.2 Å². The third kappa shape index (κ3) is 4.84. The van der Waals surface area contributed by atoms with Crippen LogP contribution in [0.3, 0.4) is 0 Å². The molecule has 0 aliphatic rings. The summed E-state index contributed by atoms with van der Waals surface area (Å²) >= 11 is 10.8. The van der Waals surface area contributed by atoms with Crippen molar-refractivity contribution in [3.63, 3.8) is 0 Å². The lowest BCUT2D eigenvalue weighted by molar-refractivity contribution is -0.114. The van der Waals surface area contributed by atoms with Crippen LogP contribution < -0.4 is 0 Å². The average Bonchev–Trinajstić information content (AvgIpc) is 1.87. The van der Waals surface area contributed by atoms with Gasteiger partial charge in [0.05, 0.1) is 0 Å². The van der Waals surface area contributed by atoms with Crippen molar-refractivity contribution in [1.82, 2.24) is 0 Å². The van der Waals surface area contributed by atoms with Crippen LogP contribution in [-0.4, -0.2) is 17.6 Å². The largest absolute Gasteiger partial charge is 0.307 e. The summed E-state index contributed by atoms with van der Waals surface area (Å²) in [5.41, 5.74) is 0. The van der Waals surface area contributed by atoms with E-state index < -0.39 is 17.7 Å². The van der Waals surface area contributed by atoms with Gasteiger partial charge >= 0.3 is 0 Å². The molecule has 0 aliphatic heterocycles. The summed E-state index contributed by atoms with van der Waals surface area (Å²) in [6.07, 6.45) is 0.608. The molecule has 0 fully saturated rings. The van der Waals surface area contributed by atoms with Gasteiger partial charge in [-0.15, -0.1) is 0 Å². The van der Waals surface area contributed by atoms with Crippen LogP contribution in [0.1, 0.15) is 13.8 Å². The molecular weight excluding hydrogens is 206 g/mol. The zero-order chi connectivity index (χ0) is 9.07. The Morgan fingerprint density at radius 3 is 2.36 bits per heavy atom. The van der Waals surface area contributed by atoms with Gasteiger partial charge in [0.15, 0.2) is 6.49 Å². The van der Waals surface area contributed by atoms with Gasteiger partial charge in [-0.25, -0.2) is 0 Å². The fraction of sp³-hybridized carbons (Fsp3) is 0.833. The molecule has 0 N–H and O–H groups in total. The zero-order valence-electron chi connectivity index (χ0n) is 6.51. The second-order valence-corrected chi connectivity index (χ2v) is 7.29. The van der Waals surface area contributed by atoms with Gasteiger partial charge in [-0.3, -0.25) is 4.79 Å². The second kappa shape index (κ2) is 4.49. The first-order valence-corrected chi connectivity index (χ1v) is 6.72. The molecule has 2 unspecified atom stereocenters. The predicted molar refractivity (Wildman–Crippen MR) is 48.9 cm³/mol. The standard InChI is InChI=1S/C6H11Cl2O2P/c1-3-11(8,10)4-5(2)6(7)9/h5H,3-4H2,1-2H3. The molecule has 0 aromatic rings. The molecular formula is C6H11Cl2O2P. The van der Waals surface area contributed by atoms with Crippen molar-refractivity contribution in [3.05, 3.63) is 0 Å². The van der Waals surface area contributed by atoms with E-state index in [-0.39, 0.29) is 6.16 Å². The van der Waals surface area contributed by atoms with Gasteiger partial charge in [-0.1, -0.05) is 25.1 Å². The first-order chi connectivity index (χ1) is 4.89. The van der Waals surface area contributed by atoms with Crippen molar-refractivity contribution < 1.29 is 9.36 Å². The van der Waals surface area contributed by atoms with Gasteiger partial charge < -0.3 is 4.57 Å². The molecule has 2 atom stereocenters. The van der Waals surface area contributed by atoms with E-state index in [9.17, 15) is 9.36 Å². The maximum atomic E-state index is 11.3. The zero-order valence-corrected chi connectivity index (χ0v) is 8.92. The molecule has 0 radical (unpaired) electrons. The lowest BCUT2D eigenvalue weighted by Crippen LogP contribution is -2.08. The topological polar surface area (TPSA) is 34.1 Å². The van der Waals surface area contributed by atoms with Crippen molar-refractivity contribution in [2.24, 2.45) is 5.92 Å². The molecule has 0 spiro atoms. The molecule has 0 aliphatic carbocycles. The van der Waals surface area contributed by atoms with Gasteiger partial charge in [0.2, 0.25) is 5.24 Å². The maximum absolute atomic E-state index is 11.3. The lowest BCUT2D eigenvalue weighted by atomic mass is 10.2. The molecule has 0 aromatic heterocycles. The van der Waals surface area contributed by atoms with Crippen LogP contribution in [-0.2, 0) is 9.36 Å². The van der Waals surface area contributed by atoms with Crippen LogP contribution in [0.2, 0.25) is 0 Å². The Kier molecular flexibility index (Phi) is 4.69. The molecule has 0 heterocycles. The van der Waals surface area contributed by atoms with Gasteiger partial charge in [-0.2, -0.15) is 0 Å². The third-order valence-electron chi connectivity index (χ3n) is 1.41. The SMILES string of the molecule is CCP(=O)(Cl)CC(C)C(=O)Cl. The van der Waals surface area contributed by atoms with Crippen LogP contribution in [0.15, 0.2) is 0 Å². The molecule has 0 aromatic carbocycles. The Hall–Kier alpha value is 0.480. The van der Waals surface area contributed by atoms with Gasteiger partial charge in [0.1, 0.15) is 0 Å². The van der Waals surface area contributed by atoms with Crippen LogP contribution >= 0.6 is 29.3 Å². The molecule has 0 saturated carbocycles. The van der Waals surface area contributed by atoms with Crippen molar-refractivity contribution in [2.45, 2.75) is 13.8 Å². The highest BCUT2D eigenvalue weighted by Crippen LogP contribution is 2.52. The smallest absolute Gasteiger partial charge is 0.224 e. The quantitative estimate of drug-likeness (QED) is 0.535. The molecule has 0 rings (SSSR count). The normalized spacial score (nSPS) is 18.9. The Morgan fingerprint density at radius 1 is 1.64 bits per heavy atom. The Labute approximate surface area is 76.4 Å². The number of hydrogen-bond donors (Lipinski definition) is 0. The molecule has 0 amide bonds. The van der Waals surface area contributed by atoms with Crippen LogP contribution in [0.5, 0.6) is 0 Å². The average molecular weight is 217 g/mol. The van der Waals surface area contributed by atoms with E-state index in [0.717, 1.165) is 0 Å². The predicted octanol–water partition coefficient (Wildman–Crippen LogP) is 2.92. The summed E-state index contributed by atoms with van der Waals surface area (Å²) in [6, 6.07) is 0. The Morgan fingerprint density at radius 2 is 2.09 bits per heavy atom. The van der Waals surface area contributed by atoms with E-state index in [4.69, 9.17) is 22.8 Å². The number of hydrogen-bond acceptors (Lipinski definition) is 2. The van der Waals surface area contributed by atoms with E-state index in [1.165, 1.54) is 0 Å². The summed E-state index contributed by atoms with van der Waals surface area (Å²) in [7, 11) is 0. The second-order valence-electron chi connectivity index (χ2n) is 2.49. The molecule has 2 nitrogen and oxygen atoms in total. The Bertz CT molecular complexity index is 193. The number of carbonyl (C=O) groups is 1. The van der Waals surface area contributed by atoms with Crippen molar-refractivity contribution in [2.75, 3.05) is 12.3 Å². The van der Waals surface area contributed by atoms with E-state index in [1.54, 1.807) is 13.8 Å². The van der Waals surface area contributed by atoms with E-state index in [1.807, 2.05) is 0 Å². The minimum atomic E-state index is -2.62. The fourth-order valence-electron chi connectivity index (χ4n) is 0.610. The highest BCUT2D eigenvalue weighted by atomic mass is 35.7. The van der Waals surface area contributed by atoms with Crippen LogP contribution in [0.4, 0.5) is 0 Å². The summed E-state index contributed by atoms with van der Waals surface area (Å²) in [6.45, 7) is 0.744. The summed E-state index contributed by atoms with van der Waals surface area (Å²) in [5.74, 6) is -0.403. The Balaban J connectivity index is 4.04. The third-order valence-corrected chi connectivity index (χ3v) is 4.95. The number of rotatable bonds is 4. The highest BCUT2D eigenvalue weighted by Gasteiger charge is 2.22. The molecule has 5 heteroatoms. The first-order valence-electron chi connectivity index (χ1n) is 3.36. The van der Waals surface area contributed by atoms with Crippen molar-refractivity contribution in [3.8, 4) is 0 Å². The van der Waals surface area contributed by atoms with Crippen LogP contribution in [0, 0.1) is 5.92 Å².